The van der Waals surface area contributed by atoms with Gasteiger partial charge in [0.1, 0.15) is 10.7 Å². The molecule has 0 aliphatic carbocycles. The highest BCUT2D eigenvalue weighted by Crippen LogP contribution is 2.24. The largest absolute Gasteiger partial charge is 0.382 e. The average Bonchev–Trinajstić information content (AvgIpc) is 3.01. The van der Waals surface area contributed by atoms with Crippen molar-refractivity contribution in [2.24, 2.45) is 0 Å². The van der Waals surface area contributed by atoms with Crippen LogP contribution in [-0.4, -0.2) is 48.1 Å². The number of nitrogens with one attached hydrogen (secondary N) is 1. The van der Waals surface area contributed by atoms with E-state index in [9.17, 15) is 8.42 Å². The Morgan fingerprint density at radius 2 is 2.05 bits per heavy atom. The Balaban J connectivity index is 1.64. The standard InChI is InChI=1S/C14H18N4O2S2/c1-22(19,20)18-7-3-11(4-8-18)17-12-2-5-15-13(10-12)14-16-6-9-21-14/h2,5-6,9-11H,3-4,7-8H2,1H3,(H,15,17). The van der Waals surface area contributed by atoms with Crippen LogP contribution in [0.25, 0.3) is 10.7 Å². The number of anilines is 1. The van der Waals surface area contributed by atoms with E-state index in [2.05, 4.69) is 15.3 Å². The van der Waals surface area contributed by atoms with E-state index in [4.69, 9.17) is 0 Å². The summed E-state index contributed by atoms with van der Waals surface area (Å²) in [5.74, 6) is 0. The first-order valence-corrected chi connectivity index (χ1v) is 9.83. The summed E-state index contributed by atoms with van der Waals surface area (Å²) in [7, 11) is -3.07. The summed E-state index contributed by atoms with van der Waals surface area (Å²) in [4.78, 5) is 8.61. The van der Waals surface area contributed by atoms with Crippen molar-refractivity contribution in [3.8, 4) is 10.7 Å². The van der Waals surface area contributed by atoms with Crippen molar-refractivity contribution in [3.05, 3.63) is 29.9 Å². The van der Waals surface area contributed by atoms with Gasteiger partial charge in [-0.2, -0.15) is 0 Å². The molecule has 0 radical (unpaired) electrons. The Kier molecular flexibility index (Phi) is 4.42. The first-order chi connectivity index (χ1) is 10.5. The highest BCUT2D eigenvalue weighted by atomic mass is 32.2. The zero-order valence-electron chi connectivity index (χ0n) is 12.3. The van der Waals surface area contributed by atoms with Gasteiger partial charge in [-0.25, -0.2) is 17.7 Å². The number of piperidine rings is 1. The molecule has 3 rings (SSSR count). The van der Waals surface area contributed by atoms with Crippen LogP contribution in [0.1, 0.15) is 12.8 Å². The molecule has 1 aliphatic heterocycles. The topological polar surface area (TPSA) is 75.2 Å². The lowest BCUT2D eigenvalue weighted by Gasteiger charge is -2.31. The van der Waals surface area contributed by atoms with E-state index in [1.54, 1.807) is 28.0 Å². The van der Waals surface area contributed by atoms with Crippen LogP contribution < -0.4 is 5.32 Å². The molecule has 0 amide bonds. The number of hydrogen-bond donors (Lipinski definition) is 1. The molecule has 0 atom stereocenters. The molecule has 22 heavy (non-hydrogen) atoms. The summed E-state index contributed by atoms with van der Waals surface area (Å²) in [6.07, 6.45) is 6.42. The Bertz CT molecular complexity index is 723. The fourth-order valence-electron chi connectivity index (χ4n) is 2.55. The molecule has 0 aromatic carbocycles. The van der Waals surface area contributed by atoms with Crippen molar-refractivity contribution < 1.29 is 8.42 Å². The zero-order valence-corrected chi connectivity index (χ0v) is 13.9. The predicted molar refractivity (Wildman–Crippen MR) is 88.4 cm³/mol. The lowest BCUT2D eigenvalue weighted by molar-refractivity contribution is 0.332. The molecule has 118 valence electrons. The van der Waals surface area contributed by atoms with Crippen LogP contribution in [-0.2, 0) is 10.0 Å². The van der Waals surface area contributed by atoms with Crippen LogP contribution in [0.15, 0.2) is 29.9 Å². The van der Waals surface area contributed by atoms with Crippen LogP contribution in [0.3, 0.4) is 0 Å². The molecule has 0 bridgehead atoms. The molecule has 2 aromatic rings. The number of aromatic nitrogens is 2. The van der Waals surface area contributed by atoms with E-state index in [-0.39, 0.29) is 6.04 Å². The summed E-state index contributed by atoms with van der Waals surface area (Å²) in [5.41, 5.74) is 1.85. The number of nitrogens with zero attached hydrogens (tertiary/aromatic N) is 3. The molecule has 1 fully saturated rings. The lowest BCUT2D eigenvalue weighted by atomic mass is 10.1. The van der Waals surface area contributed by atoms with Gasteiger partial charge in [-0.15, -0.1) is 11.3 Å². The molecule has 1 saturated heterocycles. The summed E-state index contributed by atoms with van der Waals surface area (Å²) in [6.45, 7) is 1.14. The van der Waals surface area contributed by atoms with Crippen LogP contribution in [0, 0.1) is 0 Å². The van der Waals surface area contributed by atoms with Crippen molar-refractivity contribution in [2.45, 2.75) is 18.9 Å². The van der Waals surface area contributed by atoms with Gasteiger partial charge in [-0.1, -0.05) is 0 Å². The maximum Gasteiger partial charge on any atom is 0.211 e. The van der Waals surface area contributed by atoms with Crippen LogP contribution in [0.4, 0.5) is 5.69 Å². The number of pyridine rings is 1. The van der Waals surface area contributed by atoms with E-state index < -0.39 is 10.0 Å². The van der Waals surface area contributed by atoms with Crippen LogP contribution >= 0.6 is 11.3 Å². The van der Waals surface area contributed by atoms with Gasteiger partial charge in [-0.3, -0.25) is 4.98 Å². The molecular weight excluding hydrogens is 320 g/mol. The maximum absolute atomic E-state index is 11.5. The first-order valence-electron chi connectivity index (χ1n) is 7.10. The Labute approximate surface area is 134 Å². The maximum atomic E-state index is 11.5. The molecule has 0 spiro atoms. The second-order valence-corrected chi connectivity index (χ2v) is 8.22. The smallest absolute Gasteiger partial charge is 0.211 e. The number of rotatable bonds is 4. The lowest BCUT2D eigenvalue weighted by Crippen LogP contribution is -2.41. The second-order valence-electron chi connectivity index (χ2n) is 5.35. The van der Waals surface area contributed by atoms with Crippen molar-refractivity contribution in [1.29, 1.82) is 0 Å². The van der Waals surface area contributed by atoms with E-state index in [1.165, 1.54) is 6.26 Å². The van der Waals surface area contributed by atoms with Gasteiger partial charge in [0, 0.05) is 42.6 Å². The van der Waals surface area contributed by atoms with Crippen LogP contribution in [0.5, 0.6) is 0 Å². The summed E-state index contributed by atoms with van der Waals surface area (Å²) >= 11 is 1.56. The fourth-order valence-corrected chi connectivity index (χ4v) is 4.03. The molecule has 2 aromatic heterocycles. The van der Waals surface area contributed by atoms with Crippen molar-refractivity contribution in [3.63, 3.8) is 0 Å². The van der Waals surface area contributed by atoms with Gasteiger partial charge in [0.15, 0.2) is 0 Å². The fraction of sp³-hybridized carbons (Fsp3) is 0.429. The van der Waals surface area contributed by atoms with Gasteiger partial charge in [0.05, 0.1) is 6.26 Å². The van der Waals surface area contributed by atoms with E-state index in [0.29, 0.717) is 13.1 Å². The highest BCUT2D eigenvalue weighted by Gasteiger charge is 2.24. The molecule has 0 saturated carbocycles. The van der Waals surface area contributed by atoms with E-state index in [0.717, 1.165) is 29.2 Å². The average molecular weight is 338 g/mol. The molecule has 1 N–H and O–H groups in total. The number of hydrogen-bond acceptors (Lipinski definition) is 6. The normalized spacial score (nSPS) is 17.5. The van der Waals surface area contributed by atoms with Gasteiger partial charge in [0.2, 0.25) is 10.0 Å². The Morgan fingerprint density at radius 1 is 1.27 bits per heavy atom. The molecular formula is C14H18N4O2S2. The van der Waals surface area contributed by atoms with Crippen molar-refractivity contribution >= 4 is 27.0 Å². The summed E-state index contributed by atoms with van der Waals surface area (Å²) in [6, 6.07) is 4.20. The third-order valence-electron chi connectivity index (χ3n) is 3.71. The van der Waals surface area contributed by atoms with E-state index in [1.807, 2.05) is 17.5 Å². The second kappa shape index (κ2) is 6.31. The summed E-state index contributed by atoms with van der Waals surface area (Å²) in [5, 5.41) is 6.30. The Morgan fingerprint density at radius 3 is 2.68 bits per heavy atom. The highest BCUT2D eigenvalue weighted by molar-refractivity contribution is 7.88. The Hall–Kier alpha value is -1.51. The third kappa shape index (κ3) is 3.63. The van der Waals surface area contributed by atoms with Gasteiger partial charge >= 0.3 is 0 Å². The number of thiazole rings is 1. The van der Waals surface area contributed by atoms with Crippen molar-refractivity contribution in [2.75, 3.05) is 24.7 Å². The summed E-state index contributed by atoms with van der Waals surface area (Å²) < 4.78 is 24.6. The molecule has 1 aliphatic rings. The molecule has 8 heteroatoms. The first kappa shape index (κ1) is 15.4. The zero-order chi connectivity index (χ0) is 15.6. The minimum atomic E-state index is -3.07. The predicted octanol–water partition coefficient (Wildman–Crippen LogP) is 2.04. The SMILES string of the molecule is CS(=O)(=O)N1CCC(Nc2ccnc(-c3nccs3)c2)CC1. The van der Waals surface area contributed by atoms with Gasteiger partial charge in [-0.05, 0) is 25.0 Å². The minimum absolute atomic E-state index is 0.282. The molecule has 3 heterocycles. The molecule has 0 unspecified atom stereocenters. The monoisotopic (exact) mass is 338 g/mol. The minimum Gasteiger partial charge on any atom is -0.382 e. The quantitative estimate of drug-likeness (QED) is 0.923. The van der Waals surface area contributed by atoms with Crippen LogP contribution in [0.2, 0.25) is 0 Å². The number of sulfonamides is 1. The van der Waals surface area contributed by atoms with E-state index >= 15 is 0 Å². The van der Waals surface area contributed by atoms with Gasteiger partial charge < -0.3 is 5.32 Å². The van der Waals surface area contributed by atoms with Gasteiger partial charge in [0.25, 0.3) is 0 Å². The third-order valence-corrected chi connectivity index (χ3v) is 5.80. The molecule has 6 nitrogen and oxygen atoms in total. The van der Waals surface area contributed by atoms with Crippen molar-refractivity contribution in [1.82, 2.24) is 14.3 Å².